The molecule has 45 heavy (non-hydrogen) atoms. The van der Waals surface area contributed by atoms with E-state index in [0.29, 0.717) is 12.8 Å². The summed E-state index contributed by atoms with van der Waals surface area (Å²) < 4.78 is 25.6. The maximum atomic E-state index is 12.2. The molecule has 1 atom stereocenters. The average Bonchev–Trinajstić information content (AvgIpc) is 2.95. The summed E-state index contributed by atoms with van der Waals surface area (Å²) in [7, 11) is -5.25. The molecule has 0 saturated heterocycles. The van der Waals surface area contributed by atoms with E-state index < -0.39 is 32.5 Å². The van der Waals surface area contributed by atoms with E-state index in [2.05, 4.69) is 16.8 Å². The van der Waals surface area contributed by atoms with Crippen molar-refractivity contribution in [3.8, 4) is 0 Å². The molecular formula is C32H60NNa2O9P. The molecule has 0 unspecified atom stereocenters. The first-order chi connectivity index (χ1) is 20.6. The van der Waals surface area contributed by atoms with Crippen LogP contribution in [0.3, 0.4) is 0 Å². The van der Waals surface area contributed by atoms with Crippen LogP contribution in [0, 0.1) is 0 Å². The minimum atomic E-state index is -5.25. The third-order valence-corrected chi connectivity index (χ3v) is 7.78. The van der Waals surface area contributed by atoms with Crippen LogP contribution in [0.4, 0.5) is 0 Å². The zero-order chi connectivity index (χ0) is 32.0. The van der Waals surface area contributed by atoms with Crippen LogP contribution in [-0.2, 0) is 32.9 Å². The zero-order valence-electron chi connectivity index (χ0n) is 29.1. The summed E-state index contributed by atoms with van der Waals surface area (Å²) in [4.78, 5) is 57.0. The van der Waals surface area contributed by atoms with Crippen LogP contribution >= 0.6 is 7.82 Å². The van der Waals surface area contributed by atoms with Gasteiger partial charge in [-0.25, -0.2) is 0 Å². The second kappa shape index (κ2) is 35.8. The van der Waals surface area contributed by atoms with Crippen molar-refractivity contribution in [2.45, 2.75) is 168 Å². The normalized spacial score (nSPS) is 11.6. The smallest absolute Gasteiger partial charge is 0.790 e. The number of hydrogen-bond acceptors (Lipinski definition) is 9. The van der Waals surface area contributed by atoms with Gasteiger partial charge < -0.3 is 33.7 Å². The SMILES string of the molecule is CCCCCCCCCCCCCC(=O)O[C@H](COC(=O)CCCCCCCCCCCCNC(C)=O)COP(=O)([O-])[O-].[Na+].[Na+]. The van der Waals surface area contributed by atoms with Crippen LogP contribution in [0.5, 0.6) is 0 Å². The predicted molar refractivity (Wildman–Crippen MR) is 165 cm³/mol. The van der Waals surface area contributed by atoms with Crippen LogP contribution in [0.2, 0.25) is 0 Å². The number of unbranched alkanes of at least 4 members (excludes halogenated alkanes) is 19. The molecular weight excluding hydrogens is 619 g/mol. The van der Waals surface area contributed by atoms with Gasteiger partial charge in [-0.3, -0.25) is 14.4 Å². The molecule has 0 aromatic carbocycles. The minimum absolute atomic E-state index is 0. The fourth-order valence-electron chi connectivity index (χ4n) is 4.80. The largest absolute Gasteiger partial charge is 1.00 e. The van der Waals surface area contributed by atoms with Gasteiger partial charge >= 0.3 is 71.1 Å². The van der Waals surface area contributed by atoms with Crippen molar-refractivity contribution in [3.63, 3.8) is 0 Å². The number of carbonyl (C=O) groups is 3. The Morgan fingerprint density at radius 2 is 1.02 bits per heavy atom. The summed E-state index contributed by atoms with van der Waals surface area (Å²) in [5, 5.41) is 2.80. The van der Waals surface area contributed by atoms with Crippen molar-refractivity contribution < 1.29 is 102 Å². The van der Waals surface area contributed by atoms with Crippen molar-refractivity contribution in [2.75, 3.05) is 19.8 Å². The maximum Gasteiger partial charge on any atom is 1.00 e. The molecule has 0 radical (unpaired) electrons. The monoisotopic (exact) mass is 679 g/mol. The van der Waals surface area contributed by atoms with Gasteiger partial charge in [-0.1, -0.05) is 122 Å². The van der Waals surface area contributed by atoms with Crippen molar-refractivity contribution in [1.29, 1.82) is 0 Å². The van der Waals surface area contributed by atoms with Crippen LogP contribution in [0.1, 0.15) is 162 Å². The number of esters is 2. The number of amides is 1. The molecule has 10 nitrogen and oxygen atoms in total. The van der Waals surface area contributed by atoms with E-state index in [4.69, 9.17) is 9.47 Å². The van der Waals surface area contributed by atoms with E-state index in [1.54, 1.807) is 0 Å². The Morgan fingerprint density at radius 1 is 0.622 bits per heavy atom. The van der Waals surface area contributed by atoms with Crippen LogP contribution in [0.25, 0.3) is 0 Å². The summed E-state index contributed by atoms with van der Waals surface area (Å²) >= 11 is 0. The molecule has 0 bridgehead atoms. The molecule has 0 aliphatic heterocycles. The Kier molecular flexibility index (Phi) is 39.7. The first kappa shape index (κ1) is 49.9. The number of ether oxygens (including phenoxy) is 2. The third kappa shape index (κ3) is 40.6. The Morgan fingerprint density at radius 3 is 1.44 bits per heavy atom. The van der Waals surface area contributed by atoms with Gasteiger partial charge in [0.1, 0.15) is 6.61 Å². The molecule has 0 aromatic heterocycles. The van der Waals surface area contributed by atoms with Gasteiger partial charge in [0.05, 0.1) is 14.4 Å². The second-order valence-corrected chi connectivity index (χ2v) is 12.7. The first-order valence-electron chi connectivity index (χ1n) is 16.9. The van der Waals surface area contributed by atoms with Crippen LogP contribution in [-0.4, -0.2) is 43.7 Å². The van der Waals surface area contributed by atoms with Gasteiger partial charge in [-0.2, -0.15) is 0 Å². The van der Waals surface area contributed by atoms with Gasteiger partial charge in [0.25, 0.3) is 0 Å². The maximum absolute atomic E-state index is 12.2. The quantitative estimate of drug-likeness (QED) is 0.0476. The van der Waals surface area contributed by atoms with E-state index in [1.165, 1.54) is 71.1 Å². The topological polar surface area (TPSA) is 154 Å². The Labute approximate surface area is 317 Å². The number of phosphoric ester groups is 1. The molecule has 0 fully saturated rings. The molecule has 0 aliphatic carbocycles. The summed E-state index contributed by atoms with van der Waals surface area (Å²) in [6, 6.07) is 0. The van der Waals surface area contributed by atoms with Gasteiger partial charge in [0, 0.05) is 26.3 Å². The van der Waals surface area contributed by atoms with Gasteiger partial charge in [-0.15, -0.1) is 0 Å². The van der Waals surface area contributed by atoms with Crippen LogP contribution in [0.15, 0.2) is 0 Å². The predicted octanol–water partition coefficient (Wildman–Crippen LogP) is 0.423. The molecule has 0 heterocycles. The summed E-state index contributed by atoms with van der Waals surface area (Å²) in [5.41, 5.74) is 0. The summed E-state index contributed by atoms with van der Waals surface area (Å²) in [6.07, 6.45) is 22.5. The molecule has 1 amide bonds. The third-order valence-electron chi connectivity index (χ3n) is 7.31. The summed E-state index contributed by atoms with van der Waals surface area (Å²) in [6.45, 7) is 3.47. The Hall–Kier alpha value is 0.520. The fraction of sp³-hybridized carbons (Fsp3) is 0.906. The average molecular weight is 680 g/mol. The molecule has 0 aromatic rings. The Bertz CT molecular complexity index is 756. The number of hydrogen-bond donors (Lipinski definition) is 1. The number of carbonyl (C=O) groups excluding carboxylic acids is 3. The molecule has 0 rings (SSSR count). The molecule has 0 spiro atoms. The summed E-state index contributed by atoms with van der Waals surface area (Å²) in [5.74, 6) is -0.971. The van der Waals surface area contributed by atoms with Crippen molar-refractivity contribution >= 4 is 25.7 Å². The number of phosphoric acid groups is 1. The van der Waals surface area contributed by atoms with Gasteiger partial charge in [0.15, 0.2) is 6.10 Å². The van der Waals surface area contributed by atoms with Crippen molar-refractivity contribution in [2.24, 2.45) is 0 Å². The first-order valence-corrected chi connectivity index (χ1v) is 18.4. The molecule has 1 N–H and O–H groups in total. The van der Waals surface area contributed by atoms with E-state index in [9.17, 15) is 28.7 Å². The molecule has 13 heteroatoms. The molecule has 0 aliphatic rings. The zero-order valence-corrected chi connectivity index (χ0v) is 34.0. The molecule has 254 valence electrons. The van der Waals surface area contributed by atoms with Gasteiger partial charge in [-0.05, 0) is 19.3 Å². The number of nitrogens with one attached hydrogen (secondary N) is 1. The fourth-order valence-corrected chi connectivity index (χ4v) is 5.15. The second-order valence-electron chi connectivity index (χ2n) is 11.6. The molecule has 0 saturated carbocycles. The number of rotatable bonds is 31. The standard InChI is InChI=1S/C32H62NO9P.2Na/c1-3-4-5-6-7-8-9-13-16-19-22-25-32(36)42-30(28-41-43(37,38)39)27-40-31(35)24-21-18-15-12-10-11-14-17-20-23-26-33-29(2)34;;/h30H,3-28H2,1-2H3,(H,33,34)(H2,37,38,39);;/q;2*+1/p-2/t30-;;/m1../s1. The minimum Gasteiger partial charge on any atom is -0.790 e. The van der Waals surface area contributed by atoms with E-state index in [-0.39, 0.29) is 84.5 Å². The van der Waals surface area contributed by atoms with E-state index in [0.717, 1.165) is 64.3 Å². The van der Waals surface area contributed by atoms with E-state index >= 15 is 0 Å². The van der Waals surface area contributed by atoms with E-state index in [1.807, 2.05) is 0 Å². The Balaban J connectivity index is -0.00000882. The van der Waals surface area contributed by atoms with Gasteiger partial charge in [0.2, 0.25) is 5.91 Å². The van der Waals surface area contributed by atoms with Crippen molar-refractivity contribution in [1.82, 2.24) is 5.32 Å². The van der Waals surface area contributed by atoms with Crippen molar-refractivity contribution in [3.05, 3.63) is 0 Å². The van der Waals surface area contributed by atoms with Crippen LogP contribution < -0.4 is 74.2 Å².